The van der Waals surface area contributed by atoms with Crippen molar-refractivity contribution in [2.75, 3.05) is 0 Å². The zero-order valence-corrected chi connectivity index (χ0v) is 7.94. The maximum Gasteiger partial charge on any atom is 0.167 e. The lowest BCUT2D eigenvalue weighted by Gasteiger charge is -2.07. The highest BCUT2D eigenvalue weighted by molar-refractivity contribution is 6.32. The molecule has 0 heterocycles. The summed E-state index contributed by atoms with van der Waals surface area (Å²) in [4.78, 5) is 11.0. The Morgan fingerprint density at radius 3 is 2.62 bits per heavy atom. The molecule has 0 atom stereocenters. The van der Waals surface area contributed by atoms with Crippen LogP contribution in [0.4, 0.5) is 4.39 Å². The van der Waals surface area contributed by atoms with Crippen molar-refractivity contribution in [3.05, 3.63) is 28.0 Å². The highest BCUT2D eigenvalue weighted by Crippen LogP contribution is 2.30. The molecule has 1 rings (SSSR count). The number of carbonyl (C=O) groups is 1. The second-order valence-corrected chi connectivity index (χ2v) is 3.15. The minimum atomic E-state index is -0.874. The van der Waals surface area contributed by atoms with Gasteiger partial charge in [-0.1, -0.05) is 11.6 Å². The molecule has 0 spiro atoms. The second-order valence-electron chi connectivity index (χ2n) is 2.75. The van der Waals surface area contributed by atoms with Crippen molar-refractivity contribution in [1.82, 2.24) is 0 Å². The van der Waals surface area contributed by atoms with E-state index < -0.39 is 17.3 Å². The van der Waals surface area contributed by atoms with Gasteiger partial charge in [-0.05, 0) is 25.5 Å². The number of rotatable bonds is 1. The average molecular weight is 203 g/mol. The molecule has 0 bridgehead atoms. The summed E-state index contributed by atoms with van der Waals surface area (Å²) in [5, 5.41) is 9.36. The fourth-order valence-corrected chi connectivity index (χ4v) is 1.33. The summed E-state index contributed by atoms with van der Waals surface area (Å²) in [7, 11) is 0. The molecule has 1 aromatic carbocycles. The Morgan fingerprint density at radius 2 is 2.15 bits per heavy atom. The number of Topliss-reactive ketones (excluding diaryl/α,β-unsaturated/α-hetero) is 1. The lowest BCUT2D eigenvalue weighted by molar-refractivity contribution is 0.101. The maximum absolute atomic E-state index is 12.9. The molecule has 0 aromatic heterocycles. The molecule has 0 radical (unpaired) electrons. The smallest absolute Gasteiger partial charge is 0.167 e. The average Bonchev–Trinajstić information content (AvgIpc) is 2.01. The van der Waals surface area contributed by atoms with Crippen molar-refractivity contribution >= 4 is 17.4 Å². The molecule has 4 heteroatoms. The predicted molar refractivity (Wildman–Crippen MR) is 47.8 cm³/mol. The van der Waals surface area contributed by atoms with Gasteiger partial charge in [-0.3, -0.25) is 4.79 Å². The van der Waals surface area contributed by atoms with E-state index in [0.29, 0.717) is 5.56 Å². The Labute approximate surface area is 80.0 Å². The number of hydrogen-bond acceptors (Lipinski definition) is 2. The molecule has 0 aliphatic rings. The van der Waals surface area contributed by atoms with Crippen molar-refractivity contribution in [3.63, 3.8) is 0 Å². The Bertz CT molecular complexity index is 348. The van der Waals surface area contributed by atoms with Crippen LogP contribution in [0.15, 0.2) is 6.07 Å². The van der Waals surface area contributed by atoms with Gasteiger partial charge in [-0.2, -0.15) is 0 Å². The monoisotopic (exact) mass is 202 g/mol. The normalized spacial score (nSPS) is 10.2. The van der Waals surface area contributed by atoms with Crippen LogP contribution in [0, 0.1) is 12.7 Å². The third-order valence-corrected chi connectivity index (χ3v) is 2.19. The number of carbonyl (C=O) groups excluding carboxylic acids is 1. The van der Waals surface area contributed by atoms with Crippen LogP contribution in [-0.4, -0.2) is 10.9 Å². The predicted octanol–water partition coefficient (Wildman–Crippen LogP) is 2.70. The summed E-state index contributed by atoms with van der Waals surface area (Å²) >= 11 is 5.63. The first-order valence-electron chi connectivity index (χ1n) is 3.63. The number of ketones is 1. The Balaban J connectivity index is 3.56. The molecular weight excluding hydrogens is 195 g/mol. The van der Waals surface area contributed by atoms with Crippen LogP contribution in [0.1, 0.15) is 22.8 Å². The molecule has 0 unspecified atom stereocenters. The molecule has 0 amide bonds. The summed E-state index contributed by atoms with van der Waals surface area (Å²) in [6, 6.07) is 0.985. The van der Waals surface area contributed by atoms with E-state index in [1.54, 1.807) is 6.92 Å². The Morgan fingerprint density at radius 1 is 1.62 bits per heavy atom. The first-order chi connectivity index (χ1) is 5.95. The van der Waals surface area contributed by atoms with Gasteiger partial charge in [0.15, 0.2) is 17.3 Å². The maximum atomic E-state index is 12.9. The highest BCUT2D eigenvalue weighted by atomic mass is 35.5. The number of phenols is 1. The zero-order chi connectivity index (χ0) is 10.2. The minimum Gasteiger partial charge on any atom is -0.504 e. The van der Waals surface area contributed by atoms with Gasteiger partial charge in [0.25, 0.3) is 0 Å². The lowest BCUT2D eigenvalue weighted by atomic mass is 10.0. The van der Waals surface area contributed by atoms with E-state index in [-0.39, 0.29) is 10.6 Å². The van der Waals surface area contributed by atoms with Gasteiger partial charge in [-0.15, -0.1) is 0 Å². The molecule has 2 nitrogen and oxygen atoms in total. The van der Waals surface area contributed by atoms with Crippen molar-refractivity contribution in [2.24, 2.45) is 0 Å². The largest absolute Gasteiger partial charge is 0.504 e. The van der Waals surface area contributed by atoms with Crippen molar-refractivity contribution in [2.45, 2.75) is 13.8 Å². The summed E-state index contributed by atoms with van der Waals surface area (Å²) < 4.78 is 12.9. The van der Waals surface area contributed by atoms with Gasteiger partial charge < -0.3 is 5.11 Å². The fraction of sp³-hybridized carbons (Fsp3) is 0.222. The van der Waals surface area contributed by atoms with Crippen molar-refractivity contribution in [3.8, 4) is 5.75 Å². The molecule has 13 heavy (non-hydrogen) atoms. The fourth-order valence-electron chi connectivity index (χ4n) is 1.14. The number of benzene rings is 1. The van der Waals surface area contributed by atoms with E-state index >= 15 is 0 Å². The zero-order valence-electron chi connectivity index (χ0n) is 7.19. The van der Waals surface area contributed by atoms with Gasteiger partial charge in [0.05, 0.1) is 5.56 Å². The van der Waals surface area contributed by atoms with Crippen LogP contribution < -0.4 is 0 Å². The number of halogens is 2. The third kappa shape index (κ3) is 1.65. The second kappa shape index (κ2) is 3.34. The van der Waals surface area contributed by atoms with Crippen LogP contribution in [0.3, 0.4) is 0 Å². The van der Waals surface area contributed by atoms with Crippen molar-refractivity contribution < 1.29 is 14.3 Å². The Kier molecular flexibility index (Phi) is 2.57. The van der Waals surface area contributed by atoms with E-state index in [9.17, 15) is 14.3 Å². The van der Waals surface area contributed by atoms with Gasteiger partial charge in [-0.25, -0.2) is 4.39 Å². The number of phenolic OH excluding ortho intramolecular Hbond substituents is 1. The summed E-state index contributed by atoms with van der Waals surface area (Å²) in [6.45, 7) is 2.80. The molecule has 70 valence electrons. The topological polar surface area (TPSA) is 37.3 Å². The van der Waals surface area contributed by atoms with Gasteiger partial charge in [0.2, 0.25) is 0 Å². The summed E-state index contributed by atoms with van der Waals surface area (Å²) in [5.74, 6) is -1.91. The minimum absolute atomic E-state index is 0.0509. The van der Waals surface area contributed by atoms with E-state index in [2.05, 4.69) is 0 Å². The van der Waals surface area contributed by atoms with E-state index in [0.717, 1.165) is 6.07 Å². The van der Waals surface area contributed by atoms with E-state index in [1.165, 1.54) is 6.92 Å². The number of aromatic hydroxyl groups is 1. The summed E-state index contributed by atoms with van der Waals surface area (Å²) in [6.07, 6.45) is 0. The molecule has 0 saturated carbocycles. The quantitative estimate of drug-likeness (QED) is 0.711. The molecule has 1 aromatic rings. The van der Waals surface area contributed by atoms with Crippen LogP contribution in [0.5, 0.6) is 5.75 Å². The molecule has 0 fully saturated rings. The highest BCUT2D eigenvalue weighted by Gasteiger charge is 2.16. The number of hydrogen-bond donors (Lipinski definition) is 1. The molecule has 1 N–H and O–H groups in total. The molecule has 0 aliphatic heterocycles. The third-order valence-electron chi connectivity index (χ3n) is 1.80. The molecule has 0 saturated heterocycles. The first-order valence-corrected chi connectivity index (χ1v) is 4.01. The van der Waals surface area contributed by atoms with Crippen LogP contribution >= 0.6 is 11.6 Å². The molecule has 0 aliphatic carbocycles. The van der Waals surface area contributed by atoms with Crippen LogP contribution in [0.25, 0.3) is 0 Å². The van der Waals surface area contributed by atoms with Gasteiger partial charge >= 0.3 is 0 Å². The summed E-state index contributed by atoms with van der Waals surface area (Å²) in [5.41, 5.74) is 0.345. The SMILES string of the molecule is CC(=O)c1c(C)c(Cl)cc(F)c1O. The molecular formula is C9H8ClFO2. The van der Waals surface area contributed by atoms with E-state index in [4.69, 9.17) is 11.6 Å². The van der Waals surface area contributed by atoms with Gasteiger partial charge in [0.1, 0.15) is 0 Å². The van der Waals surface area contributed by atoms with E-state index in [1.807, 2.05) is 0 Å². The van der Waals surface area contributed by atoms with Crippen LogP contribution in [-0.2, 0) is 0 Å². The van der Waals surface area contributed by atoms with Crippen molar-refractivity contribution in [1.29, 1.82) is 0 Å². The van der Waals surface area contributed by atoms with Crippen LogP contribution in [0.2, 0.25) is 5.02 Å². The lowest BCUT2D eigenvalue weighted by Crippen LogP contribution is -1.99. The standard InChI is InChI=1S/C9H8ClFO2/c1-4-6(10)3-7(11)9(13)8(4)5(2)12/h3,13H,1-2H3. The van der Waals surface area contributed by atoms with Gasteiger partial charge in [0, 0.05) is 5.02 Å². The first kappa shape index (κ1) is 9.99. The Hall–Kier alpha value is -1.09.